The van der Waals surface area contributed by atoms with Crippen LogP contribution in [0.25, 0.3) is 0 Å². The number of ether oxygens (including phenoxy) is 1. The minimum atomic E-state index is -3.61. The fourth-order valence-electron chi connectivity index (χ4n) is 0.970. The lowest BCUT2D eigenvalue weighted by atomic mass is 10.3. The molecule has 6 heteroatoms. The molecule has 2 N–H and O–H groups in total. The van der Waals surface area contributed by atoms with Crippen molar-refractivity contribution in [2.24, 2.45) is 5.14 Å². The maximum atomic E-state index is 10.9. The van der Waals surface area contributed by atoms with Crippen molar-refractivity contribution in [3.05, 3.63) is 24.3 Å². The highest BCUT2D eigenvalue weighted by Gasteiger charge is 2.06. The average Bonchev–Trinajstić information content (AvgIpc) is 2.18. The zero-order valence-electron chi connectivity index (χ0n) is 8.02. The Morgan fingerprint density at radius 3 is 2.33 bits per heavy atom. The molecule has 0 saturated carbocycles. The van der Waals surface area contributed by atoms with Gasteiger partial charge in [-0.3, -0.25) is 0 Å². The largest absolute Gasteiger partial charge is 0.494 e. The summed E-state index contributed by atoms with van der Waals surface area (Å²) >= 11 is 3.28. The van der Waals surface area contributed by atoms with Gasteiger partial charge in [0.1, 0.15) is 5.75 Å². The van der Waals surface area contributed by atoms with E-state index >= 15 is 0 Å². The van der Waals surface area contributed by atoms with Crippen LogP contribution in [-0.2, 0) is 10.0 Å². The van der Waals surface area contributed by atoms with Crippen molar-refractivity contribution in [2.45, 2.75) is 11.3 Å². The molecule has 0 heterocycles. The summed E-state index contributed by atoms with van der Waals surface area (Å²) in [6.07, 6.45) is 0.900. The van der Waals surface area contributed by atoms with Gasteiger partial charge in [0.15, 0.2) is 0 Å². The van der Waals surface area contributed by atoms with Gasteiger partial charge >= 0.3 is 0 Å². The second kappa shape index (κ2) is 5.48. The molecule has 0 radical (unpaired) electrons. The Bertz CT molecular complexity index is 402. The van der Waals surface area contributed by atoms with E-state index in [2.05, 4.69) is 15.9 Å². The third-order valence-corrected chi connectivity index (χ3v) is 3.19. The van der Waals surface area contributed by atoms with Crippen LogP contribution in [0, 0.1) is 0 Å². The predicted octanol–water partition coefficient (Wildman–Crippen LogP) is 1.50. The van der Waals surface area contributed by atoms with Gasteiger partial charge in [0, 0.05) is 5.33 Å². The van der Waals surface area contributed by atoms with Gasteiger partial charge in [-0.25, -0.2) is 13.6 Å². The summed E-state index contributed by atoms with van der Waals surface area (Å²) in [4.78, 5) is 0.0929. The highest BCUT2D eigenvalue weighted by molar-refractivity contribution is 9.09. The van der Waals surface area contributed by atoms with E-state index in [4.69, 9.17) is 9.88 Å². The number of alkyl halides is 1. The topological polar surface area (TPSA) is 69.4 Å². The molecule has 4 nitrogen and oxygen atoms in total. The number of hydrogen-bond donors (Lipinski definition) is 1. The minimum Gasteiger partial charge on any atom is -0.494 e. The smallest absolute Gasteiger partial charge is 0.238 e. The van der Waals surface area contributed by atoms with Gasteiger partial charge in [0.05, 0.1) is 11.5 Å². The molecule has 0 saturated heterocycles. The van der Waals surface area contributed by atoms with Crippen LogP contribution < -0.4 is 9.88 Å². The van der Waals surface area contributed by atoms with E-state index < -0.39 is 10.0 Å². The normalized spacial score (nSPS) is 11.3. The van der Waals surface area contributed by atoms with E-state index in [1.807, 2.05) is 0 Å². The molecule has 84 valence electrons. The van der Waals surface area contributed by atoms with E-state index in [0.29, 0.717) is 12.4 Å². The minimum absolute atomic E-state index is 0.0929. The van der Waals surface area contributed by atoms with E-state index in [1.54, 1.807) is 12.1 Å². The van der Waals surface area contributed by atoms with Crippen molar-refractivity contribution in [1.82, 2.24) is 0 Å². The van der Waals surface area contributed by atoms with Crippen molar-refractivity contribution >= 4 is 26.0 Å². The summed E-state index contributed by atoms with van der Waals surface area (Å²) < 4.78 is 27.2. The standard InChI is InChI=1S/C9H12BrNO3S/c10-6-1-7-14-8-2-4-9(5-3-8)15(11,12)13/h2-5H,1,6-7H2,(H2,11,12,13). The van der Waals surface area contributed by atoms with E-state index in [1.165, 1.54) is 12.1 Å². The molecule has 15 heavy (non-hydrogen) atoms. The third-order valence-electron chi connectivity index (χ3n) is 1.70. The van der Waals surface area contributed by atoms with Gasteiger partial charge in [-0.15, -0.1) is 0 Å². The highest BCUT2D eigenvalue weighted by atomic mass is 79.9. The maximum absolute atomic E-state index is 10.9. The van der Waals surface area contributed by atoms with Gasteiger partial charge < -0.3 is 4.74 Å². The van der Waals surface area contributed by atoms with Crippen LogP contribution in [0.1, 0.15) is 6.42 Å². The number of nitrogens with two attached hydrogens (primary N) is 1. The zero-order chi connectivity index (χ0) is 11.3. The quantitative estimate of drug-likeness (QED) is 0.661. The fraction of sp³-hybridized carbons (Fsp3) is 0.333. The van der Waals surface area contributed by atoms with Gasteiger partial charge in [-0.1, -0.05) is 15.9 Å². The Kier molecular flexibility index (Phi) is 4.56. The Morgan fingerprint density at radius 1 is 1.27 bits per heavy atom. The second-order valence-electron chi connectivity index (χ2n) is 2.91. The average molecular weight is 294 g/mol. The molecule has 0 fully saturated rings. The van der Waals surface area contributed by atoms with Crippen molar-refractivity contribution < 1.29 is 13.2 Å². The lowest BCUT2D eigenvalue weighted by Crippen LogP contribution is -2.11. The maximum Gasteiger partial charge on any atom is 0.238 e. The summed E-state index contributed by atoms with van der Waals surface area (Å²) in [6, 6.07) is 6.04. The monoisotopic (exact) mass is 293 g/mol. The Hall–Kier alpha value is -0.590. The SMILES string of the molecule is NS(=O)(=O)c1ccc(OCCCBr)cc1. The summed E-state index contributed by atoms with van der Waals surface area (Å²) in [5, 5.41) is 5.83. The van der Waals surface area contributed by atoms with Crippen molar-refractivity contribution in [3.63, 3.8) is 0 Å². The summed E-state index contributed by atoms with van der Waals surface area (Å²) in [5.74, 6) is 0.642. The van der Waals surface area contributed by atoms with Gasteiger partial charge in [0.2, 0.25) is 10.0 Å². The summed E-state index contributed by atoms with van der Waals surface area (Å²) in [5.41, 5.74) is 0. The molecule has 0 atom stereocenters. The van der Waals surface area contributed by atoms with Gasteiger partial charge in [-0.2, -0.15) is 0 Å². The number of sulfonamides is 1. The highest BCUT2D eigenvalue weighted by Crippen LogP contribution is 2.14. The lowest BCUT2D eigenvalue weighted by Gasteiger charge is -2.05. The van der Waals surface area contributed by atoms with Crippen LogP contribution in [0.5, 0.6) is 5.75 Å². The molecule has 0 spiro atoms. The van der Waals surface area contributed by atoms with E-state index in [9.17, 15) is 8.42 Å². The van der Waals surface area contributed by atoms with E-state index in [0.717, 1.165) is 11.8 Å². The van der Waals surface area contributed by atoms with Gasteiger partial charge in [-0.05, 0) is 30.7 Å². The van der Waals surface area contributed by atoms with Crippen molar-refractivity contribution in [2.75, 3.05) is 11.9 Å². The molecular formula is C9H12BrNO3S. The number of benzene rings is 1. The van der Waals surface area contributed by atoms with E-state index in [-0.39, 0.29) is 4.90 Å². The van der Waals surface area contributed by atoms with Crippen LogP contribution >= 0.6 is 15.9 Å². The first-order chi connectivity index (χ1) is 7.04. The van der Waals surface area contributed by atoms with Crippen LogP contribution in [0.15, 0.2) is 29.2 Å². The second-order valence-corrected chi connectivity index (χ2v) is 5.26. The molecule has 0 unspecified atom stereocenters. The van der Waals surface area contributed by atoms with Gasteiger partial charge in [0.25, 0.3) is 0 Å². The Labute approximate surface area is 97.6 Å². The first-order valence-corrected chi connectivity index (χ1v) is 7.02. The summed E-state index contributed by atoms with van der Waals surface area (Å²) in [6.45, 7) is 0.597. The lowest BCUT2D eigenvalue weighted by molar-refractivity contribution is 0.319. The van der Waals surface area contributed by atoms with Crippen molar-refractivity contribution in [3.8, 4) is 5.75 Å². The molecule has 1 aromatic carbocycles. The molecule has 1 aromatic rings. The van der Waals surface area contributed by atoms with Crippen molar-refractivity contribution in [1.29, 1.82) is 0 Å². The Balaban J connectivity index is 2.65. The number of halogens is 1. The molecule has 0 aliphatic heterocycles. The molecule has 0 amide bonds. The summed E-state index contributed by atoms with van der Waals surface area (Å²) in [7, 11) is -3.61. The van der Waals surface area contributed by atoms with Crippen LogP contribution in [-0.4, -0.2) is 20.4 Å². The first kappa shape index (κ1) is 12.5. The molecule has 0 aliphatic carbocycles. The molecule has 0 aromatic heterocycles. The molecular weight excluding hydrogens is 282 g/mol. The third kappa shape index (κ3) is 4.19. The van der Waals surface area contributed by atoms with Crippen LogP contribution in [0.3, 0.4) is 0 Å². The number of primary sulfonamides is 1. The molecule has 1 rings (SSSR count). The number of rotatable bonds is 5. The van der Waals surface area contributed by atoms with Crippen LogP contribution in [0.2, 0.25) is 0 Å². The first-order valence-electron chi connectivity index (χ1n) is 4.35. The number of hydrogen-bond acceptors (Lipinski definition) is 3. The Morgan fingerprint density at radius 2 is 1.87 bits per heavy atom. The molecule has 0 aliphatic rings. The fourth-order valence-corrected chi connectivity index (χ4v) is 1.71. The molecule has 0 bridgehead atoms. The van der Waals surface area contributed by atoms with Crippen LogP contribution in [0.4, 0.5) is 0 Å². The predicted molar refractivity (Wildman–Crippen MR) is 61.7 cm³/mol. The zero-order valence-corrected chi connectivity index (χ0v) is 10.4.